The monoisotopic (exact) mass is 467 g/mol. The quantitative estimate of drug-likeness (QED) is 0.469. The summed E-state index contributed by atoms with van der Waals surface area (Å²) in [6.45, 7) is 3.42. The molecule has 0 radical (unpaired) electrons. The molecule has 0 aliphatic rings. The fourth-order valence-corrected chi connectivity index (χ4v) is 4.17. The van der Waals surface area contributed by atoms with Crippen LogP contribution in [-0.2, 0) is 14.8 Å². The highest BCUT2D eigenvalue weighted by Gasteiger charge is 2.20. The number of hydrogen-bond donors (Lipinski definition) is 3. The summed E-state index contributed by atoms with van der Waals surface area (Å²) in [4.78, 5) is 24.9. The van der Waals surface area contributed by atoms with Gasteiger partial charge >= 0.3 is 0 Å². The number of rotatable bonds is 8. The minimum Gasteiger partial charge on any atom is -0.495 e. The molecule has 0 aliphatic heterocycles. The maximum absolute atomic E-state index is 12.8. The van der Waals surface area contributed by atoms with E-state index in [1.807, 2.05) is 13.0 Å². The van der Waals surface area contributed by atoms with Crippen molar-refractivity contribution in [2.45, 2.75) is 24.8 Å². The number of carbonyl (C=O) groups is 2. The Bertz CT molecular complexity index is 1270. The van der Waals surface area contributed by atoms with Crippen LogP contribution in [0.3, 0.4) is 0 Å². The first-order chi connectivity index (χ1) is 15.7. The number of benzene rings is 3. The molecule has 8 nitrogen and oxygen atoms in total. The third kappa shape index (κ3) is 6.11. The third-order valence-corrected chi connectivity index (χ3v) is 6.15. The van der Waals surface area contributed by atoms with Crippen LogP contribution in [0.15, 0.2) is 77.7 Å². The van der Waals surface area contributed by atoms with Crippen molar-refractivity contribution in [3.63, 3.8) is 0 Å². The van der Waals surface area contributed by atoms with Gasteiger partial charge in [0, 0.05) is 11.3 Å². The van der Waals surface area contributed by atoms with E-state index in [1.54, 1.807) is 55.5 Å². The maximum atomic E-state index is 12.8. The van der Waals surface area contributed by atoms with Gasteiger partial charge in [-0.3, -0.25) is 14.3 Å². The number of methoxy groups -OCH3 is 1. The van der Waals surface area contributed by atoms with Crippen molar-refractivity contribution in [1.82, 2.24) is 5.32 Å². The van der Waals surface area contributed by atoms with Gasteiger partial charge in [0.2, 0.25) is 5.91 Å². The van der Waals surface area contributed by atoms with E-state index >= 15 is 0 Å². The molecule has 1 unspecified atom stereocenters. The van der Waals surface area contributed by atoms with Crippen LogP contribution in [0, 0.1) is 6.92 Å². The van der Waals surface area contributed by atoms with Crippen LogP contribution in [0.25, 0.3) is 0 Å². The van der Waals surface area contributed by atoms with Crippen LogP contribution in [0.4, 0.5) is 11.4 Å². The average Bonchev–Trinajstić information content (AvgIpc) is 2.79. The summed E-state index contributed by atoms with van der Waals surface area (Å²) in [5.41, 5.74) is 1.95. The Morgan fingerprint density at radius 2 is 1.67 bits per heavy atom. The number of hydrogen-bond acceptors (Lipinski definition) is 5. The van der Waals surface area contributed by atoms with E-state index in [9.17, 15) is 18.0 Å². The van der Waals surface area contributed by atoms with E-state index in [-0.39, 0.29) is 16.5 Å². The second-order valence-electron chi connectivity index (χ2n) is 7.39. The molecular formula is C24H25N3O5S. The Kier molecular flexibility index (Phi) is 7.34. The number of para-hydroxylation sites is 2. The lowest BCUT2D eigenvalue weighted by molar-refractivity contribution is -0.117. The van der Waals surface area contributed by atoms with E-state index in [1.165, 1.54) is 25.3 Å². The molecule has 3 aromatic rings. The normalized spacial score (nSPS) is 11.8. The van der Waals surface area contributed by atoms with E-state index in [0.29, 0.717) is 17.0 Å². The van der Waals surface area contributed by atoms with Crippen molar-refractivity contribution < 1.29 is 22.7 Å². The molecule has 0 saturated carbocycles. The van der Waals surface area contributed by atoms with Crippen molar-refractivity contribution in [3.05, 3.63) is 83.9 Å². The van der Waals surface area contributed by atoms with Crippen molar-refractivity contribution in [2.75, 3.05) is 17.1 Å². The lowest BCUT2D eigenvalue weighted by Crippen LogP contribution is -2.41. The minimum absolute atomic E-state index is 0.0392. The summed E-state index contributed by atoms with van der Waals surface area (Å²) in [5.74, 6) is -0.481. The molecule has 0 aliphatic carbocycles. The van der Waals surface area contributed by atoms with Gasteiger partial charge in [0.1, 0.15) is 11.8 Å². The number of nitrogens with one attached hydrogen (secondary N) is 3. The predicted octanol–water partition coefficient (Wildman–Crippen LogP) is 3.56. The van der Waals surface area contributed by atoms with Crippen molar-refractivity contribution >= 4 is 33.2 Å². The fraction of sp³-hybridized carbons (Fsp3) is 0.167. The molecule has 9 heteroatoms. The van der Waals surface area contributed by atoms with Gasteiger partial charge in [-0.25, -0.2) is 8.42 Å². The van der Waals surface area contributed by atoms with Crippen LogP contribution >= 0.6 is 0 Å². The molecule has 0 heterocycles. The highest BCUT2D eigenvalue weighted by atomic mass is 32.2. The van der Waals surface area contributed by atoms with E-state index < -0.39 is 22.0 Å². The van der Waals surface area contributed by atoms with Gasteiger partial charge < -0.3 is 15.4 Å². The lowest BCUT2D eigenvalue weighted by atomic mass is 10.1. The zero-order valence-corrected chi connectivity index (χ0v) is 19.3. The Morgan fingerprint density at radius 3 is 2.39 bits per heavy atom. The highest BCUT2D eigenvalue weighted by molar-refractivity contribution is 7.92. The summed E-state index contributed by atoms with van der Waals surface area (Å²) in [6, 6.07) is 18.6. The van der Waals surface area contributed by atoms with E-state index in [4.69, 9.17) is 4.74 Å². The van der Waals surface area contributed by atoms with Crippen molar-refractivity contribution in [3.8, 4) is 5.75 Å². The SMILES string of the molecule is COc1ccccc1NS(=O)(=O)c1cccc(NC(=O)C(C)NC(=O)c2cccc(C)c2)c1. The molecule has 0 aromatic heterocycles. The van der Waals surface area contributed by atoms with Gasteiger partial charge in [-0.1, -0.05) is 35.9 Å². The Labute approximate surface area is 193 Å². The first-order valence-electron chi connectivity index (χ1n) is 10.1. The molecule has 172 valence electrons. The zero-order chi connectivity index (χ0) is 24.0. The molecule has 0 spiro atoms. The van der Waals surface area contributed by atoms with E-state index in [2.05, 4.69) is 15.4 Å². The number of aryl methyl sites for hydroxylation is 1. The second kappa shape index (κ2) is 10.2. The molecular weight excluding hydrogens is 442 g/mol. The first kappa shape index (κ1) is 23.8. The molecule has 0 saturated heterocycles. The van der Waals surface area contributed by atoms with Gasteiger partial charge in [0.25, 0.3) is 15.9 Å². The summed E-state index contributed by atoms with van der Waals surface area (Å²) in [6.07, 6.45) is 0. The minimum atomic E-state index is -3.93. The summed E-state index contributed by atoms with van der Waals surface area (Å²) in [5, 5.41) is 5.28. The molecule has 3 rings (SSSR count). The number of anilines is 2. The molecule has 0 fully saturated rings. The predicted molar refractivity (Wildman–Crippen MR) is 127 cm³/mol. The summed E-state index contributed by atoms with van der Waals surface area (Å²) < 4.78 is 33.3. The van der Waals surface area contributed by atoms with Crippen molar-refractivity contribution in [2.24, 2.45) is 0 Å². The van der Waals surface area contributed by atoms with Crippen LogP contribution in [0.2, 0.25) is 0 Å². The zero-order valence-electron chi connectivity index (χ0n) is 18.5. The Morgan fingerprint density at radius 1 is 0.939 bits per heavy atom. The average molecular weight is 468 g/mol. The third-order valence-electron chi connectivity index (χ3n) is 4.78. The molecule has 3 aromatic carbocycles. The summed E-state index contributed by atoms with van der Waals surface area (Å²) >= 11 is 0. The topological polar surface area (TPSA) is 114 Å². The number of amides is 2. The summed E-state index contributed by atoms with van der Waals surface area (Å²) in [7, 11) is -2.49. The number of sulfonamides is 1. The highest BCUT2D eigenvalue weighted by Crippen LogP contribution is 2.26. The Hall–Kier alpha value is -3.85. The lowest BCUT2D eigenvalue weighted by Gasteiger charge is -2.15. The van der Waals surface area contributed by atoms with Gasteiger partial charge in [-0.15, -0.1) is 0 Å². The molecule has 0 bridgehead atoms. The Balaban J connectivity index is 1.70. The number of ether oxygens (including phenoxy) is 1. The van der Waals surface area contributed by atoms with Crippen molar-refractivity contribution in [1.29, 1.82) is 0 Å². The van der Waals surface area contributed by atoms with Crippen LogP contribution < -0.4 is 20.1 Å². The smallest absolute Gasteiger partial charge is 0.262 e. The molecule has 2 amide bonds. The largest absolute Gasteiger partial charge is 0.495 e. The second-order valence-corrected chi connectivity index (χ2v) is 9.07. The van der Waals surface area contributed by atoms with E-state index in [0.717, 1.165) is 5.56 Å². The van der Waals surface area contributed by atoms with Crippen LogP contribution in [0.5, 0.6) is 5.75 Å². The first-order valence-corrected chi connectivity index (χ1v) is 11.6. The van der Waals surface area contributed by atoms with Gasteiger partial charge in [0.15, 0.2) is 0 Å². The van der Waals surface area contributed by atoms with Crippen LogP contribution in [0.1, 0.15) is 22.8 Å². The van der Waals surface area contributed by atoms with Crippen LogP contribution in [-0.4, -0.2) is 33.4 Å². The molecule has 3 N–H and O–H groups in total. The maximum Gasteiger partial charge on any atom is 0.262 e. The molecule has 1 atom stereocenters. The van der Waals surface area contributed by atoms with Gasteiger partial charge in [-0.2, -0.15) is 0 Å². The fourth-order valence-electron chi connectivity index (χ4n) is 3.06. The van der Waals surface area contributed by atoms with Gasteiger partial charge in [-0.05, 0) is 56.3 Å². The molecule has 33 heavy (non-hydrogen) atoms. The van der Waals surface area contributed by atoms with Gasteiger partial charge in [0.05, 0.1) is 17.7 Å². The standard InChI is InChI=1S/C24H25N3O5S/c1-16-8-6-9-18(14-16)24(29)25-17(2)23(28)26-19-10-7-11-20(15-19)33(30,31)27-21-12-4-5-13-22(21)32-3/h4-15,17,27H,1-3H3,(H,25,29)(H,26,28). The number of carbonyl (C=O) groups excluding carboxylic acids is 2.